The zero-order valence-electron chi connectivity index (χ0n) is 15.2. The molecule has 0 bridgehead atoms. The van der Waals surface area contributed by atoms with E-state index in [1.54, 1.807) is 10.9 Å². The highest BCUT2D eigenvalue weighted by Crippen LogP contribution is 2.35. The molecule has 0 saturated carbocycles. The Hall–Kier alpha value is -2.00. The summed E-state index contributed by atoms with van der Waals surface area (Å²) in [6, 6.07) is 13.7. The highest BCUT2D eigenvalue weighted by molar-refractivity contribution is 7.89. The summed E-state index contributed by atoms with van der Waals surface area (Å²) in [6.07, 6.45) is 1.63. The zero-order chi connectivity index (χ0) is 19.1. The van der Waals surface area contributed by atoms with Crippen LogP contribution in [-0.4, -0.2) is 41.4 Å². The molecule has 142 valence electrons. The molecule has 1 aliphatic rings. The number of thiophene rings is 1. The second kappa shape index (κ2) is 6.87. The summed E-state index contributed by atoms with van der Waals surface area (Å²) in [5.74, 6) is 0. The van der Waals surface area contributed by atoms with E-state index in [0.717, 1.165) is 10.4 Å². The topological polar surface area (TPSA) is 64.4 Å². The summed E-state index contributed by atoms with van der Waals surface area (Å²) in [5, 5.41) is 6.54. The van der Waals surface area contributed by atoms with Crippen molar-refractivity contribution in [3.8, 4) is 10.6 Å². The van der Waals surface area contributed by atoms with Crippen LogP contribution in [0.4, 0.5) is 0 Å². The molecule has 2 aromatic heterocycles. The van der Waals surface area contributed by atoms with E-state index >= 15 is 0 Å². The molecule has 0 aliphatic carbocycles. The minimum absolute atomic E-state index is 0.0586. The monoisotopic (exact) mass is 403 g/mol. The largest absolute Gasteiger partial charge is 0.363 e. The summed E-state index contributed by atoms with van der Waals surface area (Å²) >= 11 is 1.48. The van der Waals surface area contributed by atoms with Crippen LogP contribution in [0.25, 0.3) is 10.6 Å². The second-order valence-corrected chi connectivity index (χ2v) is 9.92. The van der Waals surface area contributed by atoms with Gasteiger partial charge in [0.1, 0.15) is 17.3 Å². The Bertz CT molecular complexity index is 1030. The Balaban J connectivity index is 1.79. The first-order valence-corrected chi connectivity index (χ1v) is 11.0. The summed E-state index contributed by atoms with van der Waals surface area (Å²) in [5.41, 5.74) is 0.961. The maximum atomic E-state index is 13.4. The molecule has 27 heavy (non-hydrogen) atoms. The highest BCUT2D eigenvalue weighted by Gasteiger charge is 2.43. The lowest BCUT2D eigenvalue weighted by Crippen LogP contribution is -2.44. The molecular formula is C19H21N3O3S2. The van der Waals surface area contributed by atoms with Gasteiger partial charge in [-0.05, 0) is 30.9 Å². The Morgan fingerprint density at radius 2 is 1.96 bits per heavy atom. The first-order valence-electron chi connectivity index (χ1n) is 8.64. The van der Waals surface area contributed by atoms with Crippen LogP contribution in [0.2, 0.25) is 0 Å². The predicted molar refractivity (Wildman–Crippen MR) is 105 cm³/mol. The van der Waals surface area contributed by atoms with E-state index < -0.39 is 15.6 Å². The van der Waals surface area contributed by atoms with Gasteiger partial charge >= 0.3 is 0 Å². The third-order valence-electron chi connectivity index (χ3n) is 4.58. The van der Waals surface area contributed by atoms with E-state index in [-0.39, 0.29) is 11.6 Å². The van der Waals surface area contributed by atoms with Crippen LogP contribution in [0.15, 0.2) is 58.9 Å². The van der Waals surface area contributed by atoms with Crippen LogP contribution in [0.1, 0.15) is 19.4 Å². The number of sulfonamides is 1. The molecule has 1 aliphatic heterocycles. The van der Waals surface area contributed by atoms with E-state index in [9.17, 15) is 8.42 Å². The van der Waals surface area contributed by atoms with E-state index in [0.29, 0.717) is 18.8 Å². The second-order valence-electron chi connectivity index (χ2n) is 7.15. The van der Waals surface area contributed by atoms with Gasteiger partial charge in [0, 0.05) is 6.20 Å². The fourth-order valence-electron chi connectivity index (χ4n) is 3.17. The van der Waals surface area contributed by atoms with Crippen molar-refractivity contribution in [2.75, 3.05) is 13.3 Å². The summed E-state index contributed by atoms with van der Waals surface area (Å²) in [6.45, 7) is 4.68. The number of aromatic nitrogens is 2. The molecule has 0 atom stereocenters. The van der Waals surface area contributed by atoms with Crippen molar-refractivity contribution in [1.29, 1.82) is 0 Å². The molecule has 0 radical (unpaired) electrons. The third kappa shape index (κ3) is 3.45. The van der Waals surface area contributed by atoms with Crippen molar-refractivity contribution in [1.82, 2.24) is 14.1 Å². The molecule has 0 amide bonds. The van der Waals surface area contributed by atoms with Gasteiger partial charge in [0.05, 0.1) is 23.6 Å². The fraction of sp³-hybridized carbons (Fsp3) is 0.316. The normalized spacial score (nSPS) is 17.4. The number of hydrogen-bond acceptors (Lipinski definition) is 5. The lowest BCUT2D eigenvalue weighted by atomic mass is 10.1. The molecule has 8 heteroatoms. The predicted octanol–water partition coefficient (Wildman–Crippen LogP) is 3.42. The highest BCUT2D eigenvalue weighted by atomic mass is 32.2. The number of hydrogen-bond donors (Lipinski definition) is 0. The first kappa shape index (κ1) is 18.4. The lowest BCUT2D eigenvalue weighted by molar-refractivity contribution is 0.171. The average molecular weight is 404 g/mol. The Morgan fingerprint density at radius 3 is 2.59 bits per heavy atom. The maximum Gasteiger partial charge on any atom is 0.249 e. The summed E-state index contributed by atoms with van der Waals surface area (Å²) in [7, 11) is -3.74. The number of nitrogens with zero attached hydrogens (tertiary/aromatic N) is 3. The van der Waals surface area contributed by atoms with Crippen molar-refractivity contribution in [3.05, 3.63) is 59.6 Å². The van der Waals surface area contributed by atoms with Crippen molar-refractivity contribution >= 4 is 21.4 Å². The molecular weight excluding hydrogens is 382 g/mol. The van der Waals surface area contributed by atoms with Crippen molar-refractivity contribution in [2.45, 2.75) is 30.8 Å². The molecule has 3 aromatic rings. The zero-order valence-corrected chi connectivity index (χ0v) is 16.8. The fourth-order valence-corrected chi connectivity index (χ4v) is 5.76. The van der Waals surface area contributed by atoms with E-state index in [4.69, 9.17) is 4.74 Å². The molecule has 0 spiro atoms. The standard InChI is InChI=1S/C19H21N3O3S2/c1-19(2)13-25-14-22(19)27(23,24)17-12-21(11-15-7-4-3-5-8-15)20-18(17)16-9-6-10-26-16/h3-10,12H,11,13-14H2,1-2H3. The first-order chi connectivity index (χ1) is 12.9. The van der Waals surface area contributed by atoms with Crippen molar-refractivity contribution < 1.29 is 13.2 Å². The van der Waals surface area contributed by atoms with Gasteiger partial charge in [-0.25, -0.2) is 8.42 Å². The van der Waals surface area contributed by atoms with Crippen LogP contribution in [-0.2, 0) is 21.3 Å². The van der Waals surface area contributed by atoms with E-state index in [2.05, 4.69) is 5.10 Å². The van der Waals surface area contributed by atoms with Crippen LogP contribution in [0, 0.1) is 0 Å². The third-order valence-corrected chi connectivity index (χ3v) is 7.49. The van der Waals surface area contributed by atoms with Gasteiger partial charge in [0.25, 0.3) is 0 Å². The van der Waals surface area contributed by atoms with Crippen molar-refractivity contribution in [3.63, 3.8) is 0 Å². The summed E-state index contributed by atoms with van der Waals surface area (Å²) < 4.78 is 35.4. The average Bonchev–Trinajstić information content (AvgIpc) is 3.34. The minimum atomic E-state index is -3.74. The van der Waals surface area contributed by atoms with Crippen molar-refractivity contribution in [2.24, 2.45) is 0 Å². The summed E-state index contributed by atoms with van der Waals surface area (Å²) in [4.78, 5) is 1.05. The molecule has 3 heterocycles. The van der Waals surface area contributed by atoms with E-state index in [1.807, 2.05) is 61.7 Å². The molecule has 0 unspecified atom stereocenters. The molecule has 1 aromatic carbocycles. The molecule has 0 N–H and O–H groups in total. The Morgan fingerprint density at radius 1 is 1.19 bits per heavy atom. The lowest BCUT2D eigenvalue weighted by Gasteiger charge is -2.27. The smallest absolute Gasteiger partial charge is 0.249 e. The van der Waals surface area contributed by atoms with Gasteiger partial charge in [-0.1, -0.05) is 36.4 Å². The van der Waals surface area contributed by atoms with Crippen LogP contribution < -0.4 is 0 Å². The Kier molecular flexibility index (Phi) is 4.67. The van der Waals surface area contributed by atoms with Gasteiger partial charge in [0.15, 0.2) is 0 Å². The van der Waals surface area contributed by atoms with Gasteiger partial charge in [-0.3, -0.25) is 4.68 Å². The van der Waals surface area contributed by atoms with Crippen LogP contribution in [0.3, 0.4) is 0 Å². The number of ether oxygens (including phenoxy) is 1. The minimum Gasteiger partial charge on any atom is -0.363 e. The van der Waals surface area contributed by atoms with Gasteiger partial charge < -0.3 is 4.74 Å². The SMILES string of the molecule is CC1(C)COCN1S(=O)(=O)c1cn(Cc2ccccc2)nc1-c1cccs1. The number of benzene rings is 1. The molecule has 6 nitrogen and oxygen atoms in total. The maximum absolute atomic E-state index is 13.4. The van der Waals surface area contributed by atoms with E-state index in [1.165, 1.54) is 15.6 Å². The number of rotatable bonds is 5. The van der Waals surface area contributed by atoms with Gasteiger partial charge in [-0.15, -0.1) is 11.3 Å². The van der Waals surface area contributed by atoms with Gasteiger partial charge in [-0.2, -0.15) is 9.40 Å². The molecule has 1 fully saturated rings. The van der Waals surface area contributed by atoms with Crippen LogP contribution in [0.5, 0.6) is 0 Å². The van der Waals surface area contributed by atoms with Gasteiger partial charge in [0.2, 0.25) is 10.0 Å². The Labute approximate surface area is 163 Å². The quantitative estimate of drug-likeness (QED) is 0.655. The molecule has 1 saturated heterocycles. The van der Waals surface area contributed by atoms with Crippen LogP contribution >= 0.6 is 11.3 Å². The molecule has 4 rings (SSSR count).